The van der Waals surface area contributed by atoms with Gasteiger partial charge in [-0.2, -0.15) is 0 Å². The summed E-state index contributed by atoms with van der Waals surface area (Å²) in [5.74, 6) is -2.49. The summed E-state index contributed by atoms with van der Waals surface area (Å²) in [6.07, 6.45) is 1.05. The van der Waals surface area contributed by atoms with Crippen molar-refractivity contribution >= 4 is 35.3 Å². The van der Waals surface area contributed by atoms with Crippen LogP contribution in [0.15, 0.2) is 11.6 Å². The zero-order valence-corrected chi connectivity index (χ0v) is 6.47. The van der Waals surface area contributed by atoms with Gasteiger partial charge in [-0.25, -0.2) is 0 Å². The largest absolute Gasteiger partial charge is 0.480 e. The highest BCUT2D eigenvalue weighted by molar-refractivity contribution is 7.96. The van der Waals surface area contributed by atoms with E-state index in [0.29, 0.717) is 0 Å². The molecule has 0 saturated carbocycles. The number of carbonyl (C=O) groups excluding carboxylic acids is 1. The SMILES string of the molecule is O=C(O)C(C=CCl)C(=O)S. The van der Waals surface area contributed by atoms with Gasteiger partial charge in [-0.1, -0.05) is 17.7 Å². The summed E-state index contributed by atoms with van der Waals surface area (Å²) in [6.45, 7) is 0. The molecule has 5 heteroatoms. The Morgan fingerprint density at radius 1 is 1.60 bits per heavy atom. The zero-order chi connectivity index (χ0) is 8.15. The Balaban J connectivity index is 4.27. The second kappa shape index (κ2) is 4.35. The van der Waals surface area contributed by atoms with Gasteiger partial charge in [0, 0.05) is 5.54 Å². The first kappa shape index (κ1) is 9.52. The number of hydrogen-bond acceptors (Lipinski definition) is 2. The molecule has 0 aliphatic heterocycles. The summed E-state index contributed by atoms with van der Waals surface area (Å²) in [5.41, 5.74) is 0.979. The van der Waals surface area contributed by atoms with E-state index in [-0.39, 0.29) is 0 Å². The van der Waals surface area contributed by atoms with Crippen molar-refractivity contribution in [2.45, 2.75) is 0 Å². The van der Waals surface area contributed by atoms with Crippen molar-refractivity contribution in [2.75, 3.05) is 0 Å². The molecule has 0 aromatic carbocycles. The van der Waals surface area contributed by atoms with Crippen LogP contribution >= 0.6 is 24.2 Å². The molecule has 1 unspecified atom stereocenters. The van der Waals surface area contributed by atoms with Crippen molar-refractivity contribution in [3.05, 3.63) is 11.6 Å². The van der Waals surface area contributed by atoms with Gasteiger partial charge in [-0.15, -0.1) is 12.6 Å². The van der Waals surface area contributed by atoms with Crippen LogP contribution in [-0.2, 0) is 9.59 Å². The normalized spacial score (nSPS) is 13.4. The van der Waals surface area contributed by atoms with Crippen LogP contribution in [0.25, 0.3) is 0 Å². The number of aliphatic carboxylic acids is 1. The molecule has 0 heterocycles. The number of thiol groups is 1. The number of carboxylic acids is 1. The molecular weight excluding hydrogens is 176 g/mol. The van der Waals surface area contributed by atoms with E-state index in [9.17, 15) is 9.59 Å². The molecule has 56 valence electrons. The van der Waals surface area contributed by atoms with Gasteiger partial charge in [0.05, 0.1) is 0 Å². The van der Waals surface area contributed by atoms with Crippen LogP contribution in [0.1, 0.15) is 0 Å². The molecule has 0 aliphatic rings. The third kappa shape index (κ3) is 2.89. The van der Waals surface area contributed by atoms with Gasteiger partial charge in [-0.3, -0.25) is 9.59 Å². The van der Waals surface area contributed by atoms with Gasteiger partial charge < -0.3 is 5.11 Å². The molecule has 0 amide bonds. The summed E-state index contributed by atoms with van der Waals surface area (Å²) in [5, 5.41) is 7.56. The molecule has 10 heavy (non-hydrogen) atoms. The van der Waals surface area contributed by atoms with Crippen molar-refractivity contribution in [3.63, 3.8) is 0 Å². The van der Waals surface area contributed by atoms with Crippen molar-refractivity contribution in [1.82, 2.24) is 0 Å². The quantitative estimate of drug-likeness (QED) is 0.501. The van der Waals surface area contributed by atoms with Gasteiger partial charge in [0.15, 0.2) is 0 Å². The highest BCUT2D eigenvalue weighted by atomic mass is 35.5. The molecule has 0 aromatic heterocycles. The van der Waals surface area contributed by atoms with Gasteiger partial charge in [0.25, 0.3) is 0 Å². The summed E-state index contributed by atoms with van der Waals surface area (Å²) in [4.78, 5) is 20.5. The first-order valence-electron chi connectivity index (χ1n) is 2.32. The number of rotatable bonds is 3. The Hall–Kier alpha value is -0.480. The topological polar surface area (TPSA) is 54.4 Å². The lowest BCUT2D eigenvalue weighted by Gasteiger charge is -1.98. The van der Waals surface area contributed by atoms with Gasteiger partial charge in [0.2, 0.25) is 5.12 Å². The van der Waals surface area contributed by atoms with E-state index in [1.54, 1.807) is 0 Å². The minimum absolute atomic E-state index is 0.732. The highest BCUT2D eigenvalue weighted by Gasteiger charge is 2.19. The summed E-state index contributed by atoms with van der Waals surface area (Å²) in [6, 6.07) is 0. The molecule has 0 bridgehead atoms. The predicted molar refractivity (Wildman–Crippen MR) is 40.1 cm³/mol. The van der Waals surface area contributed by atoms with E-state index in [1.807, 2.05) is 0 Å². The van der Waals surface area contributed by atoms with Crippen molar-refractivity contribution in [3.8, 4) is 0 Å². The van der Waals surface area contributed by atoms with Crippen molar-refractivity contribution in [2.24, 2.45) is 5.92 Å². The van der Waals surface area contributed by atoms with Crippen LogP contribution < -0.4 is 0 Å². The fraction of sp³-hybridized carbons (Fsp3) is 0.200. The predicted octanol–water partition coefficient (Wildman–Crippen LogP) is 0.896. The van der Waals surface area contributed by atoms with Crippen LogP contribution in [0, 0.1) is 5.92 Å². The molecule has 0 radical (unpaired) electrons. The van der Waals surface area contributed by atoms with Gasteiger partial charge >= 0.3 is 5.97 Å². The minimum Gasteiger partial charge on any atom is -0.480 e. The van der Waals surface area contributed by atoms with E-state index in [1.165, 1.54) is 0 Å². The molecule has 1 N–H and O–H groups in total. The maximum atomic E-state index is 10.3. The first-order chi connectivity index (χ1) is 4.59. The first-order valence-corrected chi connectivity index (χ1v) is 3.20. The van der Waals surface area contributed by atoms with Crippen LogP contribution in [0.5, 0.6) is 0 Å². The Kier molecular flexibility index (Phi) is 4.14. The number of carbonyl (C=O) groups is 2. The second-order valence-electron chi connectivity index (χ2n) is 1.47. The molecule has 0 aromatic rings. The van der Waals surface area contributed by atoms with Crippen LogP contribution in [0.2, 0.25) is 0 Å². The van der Waals surface area contributed by atoms with Crippen LogP contribution in [0.3, 0.4) is 0 Å². The molecule has 3 nitrogen and oxygen atoms in total. The molecule has 0 aliphatic carbocycles. The average molecular weight is 181 g/mol. The number of hydrogen-bond donors (Lipinski definition) is 2. The standard InChI is InChI=1S/C5H5ClO3S/c6-2-1-3(4(7)8)5(9)10/h1-3H,(H,7,8)(H,9,10). The average Bonchev–Trinajstić information content (AvgIpc) is 1.81. The van der Waals surface area contributed by atoms with Crippen LogP contribution in [-0.4, -0.2) is 16.2 Å². The third-order valence-corrected chi connectivity index (χ3v) is 1.22. The lowest BCUT2D eigenvalue weighted by atomic mass is 10.2. The lowest BCUT2D eigenvalue weighted by Crippen LogP contribution is -2.16. The fourth-order valence-electron chi connectivity index (χ4n) is 0.343. The van der Waals surface area contributed by atoms with E-state index < -0.39 is 17.0 Å². The smallest absolute Gasteiger partial charge is 0.318 e. The lowest BCUT2D eigenvalue weighted by molar-refractivity contribution is -0.142. The fourth-order valence-corrected chi connectivity index (χ4v) is 0.685. The van der Waals surface area contributed by atoms with E-state index in [2.05, 4.69) is 12.6 Å². The molecular formula is C5H5ClO3S. The Morgan fingerprint density at radius 2 is 2.10 bits per heavy atom. The number of halogens is 1. The van der Waals surface area contributed by atoms with E-state index in [4.69, 9.17) is 16.7 Å². The van der Waals surface area contributed by atoms with Crippen LogP contribution in [0.4, 0.5) is 0 Å². The molecule has 0 saturated heterocycles. The Labute approximate surface area is 68.1 Å². The maximum absolute atomic E-state index is 10.3. The molecule has 0 rings (SSSR count). The highest BCUT2D eigenvalue weighted by Crippen LogP contribution is 2.04. The zero-order valence-electron chi connectivity index (χ0n) is 4.82. The summed E-state index contributed by atoms with van der Waals surface area (Å²) < 4.78 is 0. The summed E-state index contributed by atoms with van der Waals surface area (Å²) >= 11 is 8.39. The van der Waals surface area contributed by atoms with E-state index >= 15 is 0 Å². The second-order valence-corrected chi connectivity index (χ2v) is 2.17. The molecule has 1 atom stereocenters. The van der Waals surface area contributed by atoms with Gasteiger partial charge in [-0.05, 0) is 0 Å². The summed E-state index contributed by atoms with van der Waals surface area (Å²) in [7, 11) is 0. The minimum atomic E-state index is -1.25. The number of carboxylic acid groups (broad SMARTS) is 1. The van der Waals surface area contributed by atoms with Crippen molar-refractivity contribution < 1.29 is 14.7 Å². The Morgan fingerprint density at radius 3 is 2.20 bits per heavy atom. The molecule has 0 spiro atoms. The van der Waals surface area contributed by atoms with Gasteiger partial charge in [0.1, 0.15) is 5.92 Å². The van der Waals surface area contributed by atoms with Crippen molar-refractivity contribution in [1.29, 1.82) is 0 Å². The van der Waals surface area contributed by atoms with E-state index in [0.717, 1.165) is 11.6 Å². The third-order valence-electron chi connectivity index (χ3n) is 0.797. The molecule has 0 fully saturated rings. The Bertz CT molecular complexity index is 164. The maximum Gasteiger partial charge on any atom is 0.318 e. The monoisotopic (exact) mass is 180 g/mol.